The SMILES string of the molecule is CCOC(=O)/C(F)=C/Oc1cc2c(cc1SC)N(c1ccccc1)CC(CCCCO)N(C)S2=O. The molecular weight excluding hydrogens is 491 g/mol. The van der Waals surface area contributed by atoms with Gasteiger partial charge in [-0.1, -0.05) is 18.2 Å². The highest BCUT2D eigenvalue weighted by atomic mass is 32.2. The second-order valence-electron chi connectivity index (χ2n) is 7.89. The number of hydrogen-bond acceptors (Lipinski definition) is 7. The molecule has 1 heterocycles. The Morgan fingerprint density at radius 1 is 1.29 bits per heavy atom. The van der Waals surface area contributed by atoms with Gasteiger partial charge in [-0.3, -0.25) is 0 Å². The molecular formula is C25H31FN2O5S2. The lowest BCUT2D eigenvalue weighted by Crippen LogP contribution is -2.38. The van der Waals surface area contributed by atoms with Gasteiger partial charge in [-0.2, -0.15) is 4.39 Å². The number of halogens is 1. The van der Waals surface area contributed by atoms with Gasteiger partial charge in [-0.05, 0) is 50.6 Å². The Morgan fingerprint density at radius 2 is 2.03 bits per heavy atom. The molecule has 1 aliphatic rings. The third-order valence-electron chi connectivity index (χ3n) is 5.67. The van der Waals surface area contributed by atoms with Gasteiger partial charge in [0.25, 0.3) is 0 Å². The topological polar surface area (TPSA) is 79.3 Å². The summed E-state index contributed by atoms with van der Waals surface area (Å²) in [6, 6.07) is 13.4. The number of nitrogens with zero attached hydrogens (tertiary/aromatic N) is 2. The van der Waals surface area contributed by atoms with E-state index in [-0.39, 0.29) is 19.3 Å². The molecule has 0 fully saturated rings. The van der Waals surface area contributed by atoms with Crippen molar-refractivity contribution >= 4 is 40.1 Å². The Hall–Kier alpha value is -2.40. The molecule has 7 nitrogen and oxygen atoms in total. The van der Waals surface area contributed by atoms with Crippen molar-refractivity contribution in [3.8, 4) is 5.75 Å². The Kier molecular flexibility index (Phi) is 10.1. The summed E-state index contributed by atoms with van der Waals surface area (Å²) >= 11 is 1.40. The summed E-state index contributed by atoms with van der Waals surface area (Å²) in [6.07, 6.45) is 4.85. The number of unbranched alkanes of at least 4 members (excludes halogenated alkanes) is 1. The van der Waals surface area contributed by atoms with Gasteiger partial charge in [0.05, 0.1) is 22.1 Å². The molecule has 10 heteroatoms. The first-order valence-electron chi connectivity index (χ1n) is 11.4. The van der Waals surface area contributed by atoms with Crippen LogP contribution in [0.15, 0.2) is 64.3 Å². The summed E-state index contributed by atoms with van der Waals surface area (Å²) in [5.74, 6) is -1.96. The highest BCUT2D eigenvalue weighted by Crippen LogP contribution is 2.42. The second-order valence-corrected chi connectivity index (χ2v) is 10.3. The number of anilines is 2. The lowest BCUT2D eigenvalue weighted by Gasteiger charge is -2.30. The molecule has 0 radical (unpaired) electrons. The Balaban J connectivity index is 2.06. The zero-order valence-electron chi connectivity index (χ0n) is 20.1. The maximum Gasteiger partial charge on any atom is 0.370 e. The number of thioether (sulfide) groups is 1. The van der Waals surface area contributed by atoms with Crippen LogP contribution in [0, 0.1) is 0 Å². The standard InChI is InChI=1S/C25H31FN2O5S2/c1-4-32-25(30)20(26)17-33-22-15-24-21(14-23(22)34-3)28(18-10-6-5-7-11-18)16-19(12-8-9-13-29)27(2)35(24)31/h5-7,10-11,14-15,17,19,29H,4,8-9,12-13,16H2,1-3H3/b20-17-. The number of carbonyl (C=O) groups is 1. The van der Waals surface area contributed by atoms with Crippen molar-refractivity contribution in [3.63, 3.8) is 0 Å². The Labute approximate surface area is 212 Å². The number of carbonyl (C=O) groups excluding carboxylic acids is 1. The van der Waals surface area contributed by atoms with Crippen LogP contribution < -0.4 is 9.64 Å². The Morgan fingerprint density at radius 3 is 2.69 bits per heavy atom. The molecule has 35 heavy (non-hydrogen) atoms. The molecule has 0 aliphatic carbocycles. The van der Waals surface area contributed by atoms with Crippen LogP contribution in [0.5, 0.6) is 5.75 Å². The van der Waals surface area contributed by atoms with E-state index in [2.05, 4.69) is 9.64 Å². The number of fused-ring (bicyclic) bond motifs is 1. The molecule has 2 aromatic carbocycles. The molecule has 0 saturated heterocycles. The number of para-hydroxylation sites is 1. The van der Waals surface area contributed by atoms with Gasteiger partial charge in [0.2, 0.25) is 5.83 Å². The van der Waals surface area contributed by atoms with E-state index in [4.69, 9.17) is 4.74 Å². The zero-order valence-corrected chi connectivity index (χ0v) is 21.7. The average Bonchev–Trinajstić information content (AvgIpc) is 2.97. The van der Waals surface area contributed by atoms with Crippen LogP contribution in [-0.4, -0.2) is 58.7 Å². The van der Waals surface area contributed by atoms with Crippen LogP contribution in [0.3, 0.4) is 0 Å². The molecule has 0 spiro atoms. The minimum absolute atomic E-state index is 0.0294. The third kappa shape index (κ3) is 6.63. The fourth-order valence-electron chi connectivity index (χ4n) is 3.83. The van der Waals surface area contributed by atoms with Gasteiger partial charge in [-0.15, -0.1) is 11.8 Å². The van der Waals surface area contributed by atoms with Gasteiger partial charge < -0.3 is 19.5 Å². The predicted molar refractivity (Wildman–Crippen MR) is 137 cm³/mol. The van der Waals surface area contributed by atoms with Gasteiger partial charge in [0, 0.05) is 38.0 Å². The molecule has 0 aromatic heterocycles. The van der Waals surface area contributed by atoms with E-state index in [1.807, 2.05) is 54.0 Å². The third-order valence-corrected chi connectivity index (χ3v) is 7.95. The number of esters is 1. The molecule has 2 aromatic rings. The summed E-state index contributed by atoms with van der Waals surface area (Å²) in [5, 5.41) is 9.22. The molecule has 190 valence electrons. The zero-order chi connectivity index (χ0) is 25.4. The number of benzene rings is 2. The van der Waals surface area contributed by atoms with E-state index in [0.29, 0.717) is 28.5 Å². The van der Waals surface area contributed by atoms with Crippen molar-refractivity contribution in [2.45, 2.75) is 42.0 Å². The average molecular weight is 523 g/mol. The lowest BCUT2D eigenvalue weighted by molar-refractivity contribution is -0.140. The van der Waals surface area contributed by atoms with E-state index in [9.17, 15) is 18.5 Å². The highest BCUT2D eigenvalue weighted by molar-refractivity contribution is 7.98. The second kappa shape index (κ2) is 13.1. The normalized spacial score (nSPS) is 18.7. The number of aliphatic hydroxyl groups excluding tert-OH is 1. The number of aliphatic hydroxyl groups is 1. The molecule has 2 atom stereocenters. The number of hydrogen-bond donors (Lipinski definition) is 1. The van der Waals surface area contributed by atoms with Crippen molar-refractivity contribution < 1.29 is 28.0 Å². The minimum atomic E-state index is -1.52. The lowest BCUT2D eigenvalue weighted by atomic mass is 10.1. The molecule has 0 saturated carbocycles. The van der Waals surface area contributed by atoms with Crippen LogP contribution in [-0.2, 0) is 20.5 Å². The highest BCUT2D eigenvalue weighted by Gasteiger charge is 2.32. The number of rotatable bonds is 10. The van der Waals surface area contributed by atoms with Crippen LogP contribution in [0.25, 0.3) is 0 Å². The van der Waals surface area contributed by atoms with Gasteiger partial charge in [0.15, 0.2) is 0 Å². The predicted octanol–water partition coefficient (Wildman–Crippen LogP) is 4.80. The summed E-state index contributed by atoms with van der Waals surface area (Å²) in [5.41, 5.74) is 1.74. The first kappa shape index (κ1) is 27.2. The Bertz CT molecular complexity index is 1070. The van der Waals surface area contributed by atoms with Gasteiger partial charge >= 0.3 is 5.97 Å². The van der Waals surface area contributed by atoms with Gasteiger partial charge in [-0.25, -0.2) is 13.3 Å². The van der Waals surface area contributed by atoms with Gasteiger partial charge in [0.1, 0.15) is 23.0 Å². The minimum Gasteiger partial charge on any atom is -0.461 e. The molecule has 0 bridgehead atoms. The smallest absolute Gasteiger partial charge is 0.370 e. The van der Waals surface area contributed by atoms with Crippen molar-refractivity contribution in [2.24, 2.45) is 0 Å². The van der Waals surface area contributed by atoms with Crippen LogP contribution >= 0.6 is 11.8 Å². The van der Waals surface area contributed by atoms with Crippen molar-refractivity contribution in [1.82, 2.24) is 4.31 Å². The van der Waals surface area contributed by atoms with E-state index in [1.165, 1.54) is 11.8 Å². The maximum atomic E-state index is 14.1. The summed E-state index contributed by atoms with van der Waals surface area (Å²) in [4.78, 5) is 15.0. The largest absolute Gasteiger partial charge is 0.461 e. The van der Waals surface area contributed by atoms with Crippen molar-refractivity contribution in [3.05, 3.63) is 54.6 Å². The summed E-state index contributed by atoms with van der Waals surface area (Å²) < 4.78 is 39.8. The van der Waals surface area contributed by atoms with Crippen LogP contribution in [0.4, 0.5) is 15.8 Å². The molecule has 1 N–H and O–H groups in total. The fourth-order valence-corrected chi connectivity index (χ4v) is 5.67. The quantitative estimate of drug-likeness (QED) is 0.158. The van der Waals surface area contributed by atoms with Crippen LogP contribution in [0.2, 0.25) is 0 Å². The first-order chi connectivity index (χ1) is 16.9. The van der Waals surface area contributed by atoms with Crippen molar-refractivity contribution in [1.29, 1.82) is 0 Å². The van der Waals surface area contributed by atoms with Crippen LogP contribution in [0.1, 0.15) is 26.2 Å². The molecule has 0 amide bonds. The fraction of sp³-hybridized carbons (Fsp3) is 0.400. The molecule has 2 unspecified atom stereocenters. The monoisotopic (exact) mass is 522 g/mol. The van der Waals surface area contributed by atoms with Crippen molar-refractivity contribution in [2.75, 3.05) is 38.0 Å². The summed E-state index contributed by atoms with van der Waals surface area (Å²) in [6.45, 7) is 2.37. The number of ether oxygens (including phenoxy) is 2. The summed E-state index contributed by atoms with van der Waals surface area (Å²) in [7, 11) is 0.301. The van der Waals surface area contributed by atoms with E-state index < -0.39 is 22.8 Å². The van der Waals surface area contributed by atoms with E-state index in [1.54, 1.807) is 13.0 Å². The molecule has 1 aliphatic heterocycles. The molecule has 3 rings (SSSR count). The van der Waals surface area contributed by atoms with E-state index >= 15 is 0 Å². The number of likely N-dealkylation sites (N-methyl/N-ethyl adjacent to an activating group) is 1. The first-order valence-corrected chi connectivity index (χ1v) is 13.7. The maximum absolute atomic E-state index is 14.1. The van der Waals surface area contributed by atoms with E-state index in [0.717, 1.165) is 30.5 Å².